The molecule has 0 aliphatic carbocycles. The summed E-state index contributed by atoms with van der Waals surface area (Å²) < 4.78 is 0. The summed E-state index contributed by atoms with van der Waals surface area (Å²) in [4.78, 5) is 0. The van der Waals surface area contributed by atoms with E-state index in [0.29, 0.717) is 0 Å². The number of aryl methyl sites for hydroxylation is 2. The minimum Gasteiger partial charge on any atom is -0.385 e. The maximum atomic E-state index is 3.55. The second-order valence-electron chi connectivity index (χ2n) is 4.49. The van der Waals surface area contributed by atoms with Crippen LogP contribution in [0.2, 0.25) is 0 Å². The van der Waals surface area contributed by atoms with Gasteiger partial charge in [-0.05, 0) is 61.0 Å². The van der Waals surface area contributed by atoms with Crippen LogP contribution in [0, 0.1) is 19.8 Å². The van der Waals surface area contributed by atoms with Crippen LogP contribution in [-0.4, -0.2) is 18.1 Å². The van der Waals surface area contributed by atoms with Gasteiger partial charge < -0.3 is 5.32 Å². The standard InChI is InChI=1S/C13H19NS/c1-10-5-11(2)7-13(6-10)14-8-12-3-4-15-9-12/h5-7,12,14H,3-4,8-9H2,1-2H3. The van der Waals surface area contributed by atoms with Gasteiger partial charge in [-0.1, -0.05) is 6.07 Å². The summed E-state index contributed by atoms with van der Waals surface area (Å²) in [6, 6.07) is 6.68. The molecule has 1 aliphatic heterocycles. The summed E-state index contributed by atoms with van der Waals surface area (Å²) in [7, 11) is 0. The number of anilines is 1. The third-order valence-corrected chi connectivity index (χ3v) is 4.07. The van der Waals surface area contributed by atoms with Gasteiger partial charge in [0, 0.05) is 12.2 Å². The second kappa shape index (κ2) is 4.93. The molecule has 2 rings (SSSR count). The van der Waals surface area contributed by atoms with E-state index in [1.54, 1.807) is 0 Å². The molecule has 1 N–H and O–H groups in total. The summed E-state index contributed by atoms with van der Waals surface area (Å²) >= 11 is 2.08. The van der Waals surface area contributed by atoms with Gasteiger partial charge in [-0.25, -0.2) is 0 Å². The Morgan fingerprint density at radius 3 is 2.60 bits per heavy atom. The lowest BCUT2D eigenvalue weighted by Crippen LogP contribution is -2.13. The third kappa shape index (κ3) is 3.16. The van der Waals surface area contributed by atoms with E-state index in [-0.39, 0.29) is 0 Å². The molecule has 1 atom stereocenters. The Bertz CT molecular complexity index is 309. The Labute approximate surface area is 96.7 Å². The smallest absolute Gasteiger partial charge is 0.0345 e. The molecule has 1 unspecified atom stereocenters. The van der Waals surface area contributed by atoms with Crippen molar-refractivity contribution in [3.63, 3.8) is 0 Å². The Balaban J connectivity index is 1.92. The fourth-order valence-corrected chi connectivity index (χ4v) is 3.37. The van der Waals surface area contributed by atoms with Crippen LogP contribution in [0.5, 0.6) is 0 Å². The zero-order valence-corrected chi connectivity index (χ0v) is 10.4. The van der Waals surface area contributed by atoms with E-state index in [4.69, 9.17) is 0 Å². The van der Waals surface area contributed by atoms with E-state index < -0.39 is 0 Å². The van der Waals surface area contributed by atoms with Gasteiger partial charge in [-0.15, -0.1) is 0 Å². The minimum atomic E-state index is 0.871. The van der Waals surface area contributed by atoms with Crippen molar-refractivity contribution < 1.29 is 0 Å². The molecule has 1 aliphatic rings. The monoisotopic (exact) mass is 221 g/mol. The van der Waals surface area contributed by atoms with Crippen LogP contribution in [0.15, 0.2) is 18.2 Å². The van der Waals surface area contributed by atoms with E-state index in [2.05, 4.69) is 49.1 Å². The average molecular weight is 221 g/mol. The van der Waals surface area contributed by atoms with Gasteiger partial charge >= 0.3 is 0 Å². The fourth-order valence-electron chi connectivity index (χ4n) is 2.08. The molecule has 1 fully saturated rings. The quantitative estimate of drug-likeness (QED) is 0.839. The van der Waals surface area contributed by atoms with Gasteiger partial charge in [-0.2, -0.15) is 11.8 Å². The molecule has 82 valence electrons. The Morgan fingerprint density at radius 1 is 1.27 bits per heavy atom. The molecule has 2 heteroatoms. The minimum absolute atomic E-state index is 0.871. The number of hydrogen-bond donors (Lipinski definition) is 1. The predicted molar refractivity (Wildman–Crippen MR) is 69.8 cm³/mol. The Morgan fingerprint density at radius 2 is 2.00 bits per heavy atom. The number of thioether (sulfide) groups is 1. The number of rotatable bonds is 3. The van der Waals surface area contributed by atoms with Crippen molar-refractivity contribution in [1.29, 1.82) is 0 Å². The van der Waals surface area contributed by atoms with Gasteiger partial charge in [0.1, 0.15) is 0 Å². The zero-order chi connectivity index (χ0) is 10.7. The van der Waals surface area contributed by atoms with Crippen molar-refractivity contribution in [2.45, 2.75) is 20.3 Å². The van der Waals surface area contributed by atoms with E-state index in [0.717, 1.165) is 12.5 Å². The van der Waals surface area contributed by atoms with E-state index >= 15 is 0 Å². The van der Waals surface area contributed by atoms with Crippen LogP contribution in [0.1, 0.15) is 17.5 Å². The highest BCUT2D eigenvalue weighted by Gasteiger charge is 2.14. The Kier molecular flexibility index (Phi) is 3.57. The molecule has 0 aromatic heterocycles. The topological polar surface area (TPSA) is 12.0 Å². The van der Waals surface area contributed by atoms with Crippen molar-refractivity contribution in [3.05, 3.63) is 29.3 Å². The van der Waals surface area contributed by atoms with Crippen molar-refractivity contribution in [2.24, 2.45) is 5.92 Å². The number of benzene rings is 1. The van der Waals surface area contributed by atoms with Crippen molar-refractivity contribution in [1.82, 2.24) is 0 Å². The predicted octanol–water partition coefficient (Wildman–Crippen LogP) is 3.47. The van der Waals surface area contributed by atoms with Gasteiger partial charge in [-0.3, -0.25) is 0 Å². The van der Waals surface area contributed by atoms with Crippen LogP contribution >= 0.6 is 11.8 Å². The second-order valence-corrected chi connectivity index (χ2v) is 5.64. The van der Waals surface area contributed by atoms with Gasteiger partial charge in [0.15, 0.2) is 0 Å². The molecule has 1 nitrogen and oxygen atoms in total. The van der Waals surface area contributed by atoms with E-state index in [9.17, 15) is 0 Å². The largest absolute Gasteiger partial charge is 0.385 e. The van der Waals surface area contributed by atoms with Crippen LogP contribution < -0.4 is 5.32 Å². The van der Waals surface area contributed by atoms with Crippen LogP contribution in [-0.2, 0) is 0 Å². The lowest BCUT2D eigenvalue weighted by atomic mass is 10.1. The highest BCUT2D eigenvalue weighted by molar-refractivity contribution is 7.99. The summed E-state index contributed by atoms with van der Waals surface area (Å²) in [5.74, 6) is 3.55. The SMILES string of the molecule is Cc1cc(C)cc(NCC2CCSC2)c1. The first-order valence-electron chi connectivity index (χ1n) is 5.64. The molecule has 15 heavy (non-hydrogen) atoms. The van der Waals surface area contributed by atoms with Crippen molar-refractivity contribution in [3.8, 4) is 0 Å². The molecule has 0 amide bonds. The zero-order valence-electron chi connectivity index (χ0n) is 9.55. The molecule has 1 aromatic rings. The summed E-state index contributed by atoms with van der Waals surface area (Å²) in [6.07, 6.45) is 1.38. The first-order valence-corrected chi connectivity index (χ1v) is 6.79. The van der Waals surface area contributed by atoms with E-state index in [1.807, 2.05) is 0 Å². The third-order valence-electron chi connectivity index (χ3n) is 2.84. The summed E-state index contributed by atoms with van der Waals surface area (Å²) in [5.41, 5.74) is 3.97. The highest BCUT2D eigenvalue weighted by atomic mass is 32.2. The van der Waals surface area contributed by atoms with Gasteiger partial charge in [0.2, 0.25) is 0 Å². The van der Waals surface area contributed by atoms with Crippen molar-refractivity contribution in [2.75, 3.05) is 23.4 Å². The van der Waals surface area contributed by atoms with Crippen LogP contribution in [0.3, 0.4) is 0 Å². The normalized spacial score (nSPS) is 20.5. The molecule has 0 spiro atoms. The first-order chi connectivity index (χ1) is 7.24. The average Bonchev–Trinajstić information content (AvgIpc) is 2.65. The van der Waals surface area contributed by atoms with E-state index in [1.165, 1.54) is 34.7 Å². The molecule has 0 bridgehead atoms. The molecule has 0 saturated carbocycles. The molecule has 1 heterocycles. The van der Waals surface area contributed by atoms with Crippen molar-refractivity contribution >= 4 is 17.4 Å². The molecular weight excluding hydrogens is 202 g/mol. The molecule has 0 radical (unpaired) electrons. The van der Waals surface area contributed by atoms with Gasteiger partial charge in [0.25, 0.3) is 0 Å². The number of nitrogens with one attached hydrogen (secondary N) is 1. The fraction of sp³-hybridized carbons (Fsp3) is 0.538. The first kappa shape index (κ1) is 10.9. The Hall–Kier alpha value is -0.630. The van der Waals surface area contributed by atoms with Crippen LogP contribution in [0.4, 0.5) is 5.69 Å². The maximum absolute atomic E-state index is 3.55. The highest BCUT2D eigenvalue weighted by Crippen LogP contribution is 2.24. The molecular formula is C13H19NS. The van der Waals surface area contributed by atoms with Gasteiger partial charge in [0.05, 0.1) is 0 Å². The lowest BCUT2D eigenvalue weighted by Gasteiger charge is -2.12. The maximum Gasteiger partial charge on any atom is 0.0345 e. The molecule has 1 saturated heterocycles. The lowest BCUT2D eigenvalue weighted by molar-refractivity contribution is 0.632. The summed E-state index contributed by atoms with van der Waals surface area (Å²) in [6.45, 7) is 5.45. The molecule has 1 aromatic carbocycles. The summed E-state index contributed by atoms with van der Waals surface area (Å²) in [5, 5.41) is 3.55. The number of hydrogen-bond acceptors (Lipinski definition) is 2. The van der Waals surface area contributed by atoms with Crippen LogP contribution in [0.25, 0.3) is 0 Å².